The number of nitrogens with zero attached hydrogens (tertiary/aromatic N) is 2. The summed E-state index contributed by atoms with van der Waals surface area (Å²) in [5, 5.41) is 7.42. The van der Waals surface area contributed by atoms with Crippen LogP contribution < -0.4 is 10.6 Å². The predicted octanol–water partition coefficient (Wildman–Crippen LogP) is 3.09. The summed E-state index contributed by atoms with van der Waals surface area (Å²) in [5.74, 6) is -0.975. The Kier molecular flexibility index (Phi) is 6.33. The van der Waals surface area contributed by atoms with E-state index in [1.807, 2.05) is 17.5 Å². The second-order valence-corrected chi connectivity index (χ2v) is 10.8. The van der Waals surface area contributed by atoms with Crippen LogP contribution in [-0.2, 0) is 20.2 Å². The minimum atomic E-state index is -3.47. The Bertz CT molecular complexity index is 1220. The zero-order chi connectivity index (χ0) is 22.8. The highest BCUT2D eigenvalue weighted by atomic mass is 32.2. The molecule has 0 saturated heterocycles. The normalized spacial score (nSPS) is 11.9. The Morgan fingerprint density at radius 1 is 1.19 bits per heavy atom. The molecule has 2 aromatic heterocycles. The number of carbonyl (C=O) groups is 2. The Balaban J connectivity index is 1.59. The van der Waals surface area contributed by atoms with Gasteiger partial charge in [0.1, 0.15) is 0 Å². The summed E-state index contributed by atoms with van der Waals surface area (Å²) in [7, 11) is -3.47. The van der Waals surface area contributed by atoms with Crippen LogP contribution in [0.15, 0.2) is 48.1 Å². The SMILES string of the molecule is CC(C)(C)c1cccc(-c2csc(NC(=O)CNC(=O)c3ccn(S(C)(=O)=O)c3)n2)c1. The molecule has 164 valence electrons. The number of amides is 2. The molecule has 0 saturated carbocycles. The smallest absolute Gasteiger partial charge is 0.253 e. The number of carbonyl (C=O) groups excluding carboxylic acids is 2. The molecule has 0 fully saturated rings. The van der Waals surface area contributed by atoms with Crippen LogP contribution >= 0.6 is 11.3 Å². The van der Waals surface area contributed by atoms with Gasteiger partial charge in [0.2, 0.25) is 15.9 Å². The van der Waals surface area contributed by atoms with E-state index in [0.29, 0.717) is 5.13 Å². The van der Waals surface area contributed by atoms with Gasteiger partial charge in [-0.25, -0.2) is 13.4 Å². The number of hydrogen-bond donors (Lipinski definition) is 2. The van der Waals surface area contributed by atoms with Gasteiger partial charge in [-0.3, -0.25) is 13.6 Å². The minimum absolute atomic E-state index is 0.0174. The summed E-state index contributed by atoms with van der Waals surface area (Å²) in [4.78, 5) is 28.8. The lowest BCUT2D eigenvalue weighted by atomic mass is 9.86. The Morgan fingerprint density at radius 2 is 1.94 bits per heavy atom. The first-order valence-electron chi connectivity index (χ1n) is 9.46. The highest BCUT2D eigenvalue weighted by molar-refractivity contribution is 7.89. The molecule has 0 aliphatic heterocycles. The lowest BCUT2D eigenvalue weighted by molar-refractivity contribution is -0.115. The molecule has 1 aromatic carbocycles. The number of aromatic nitrogens is 2. The summed E-state index contributed by atoms with van der Waals surface area (Å²) in [6.07, 6.45) is 3.50. The third-order valence-corrected chi connectivity index (χ3v) is 6.25. The van der Waals surface area contributed by atoms with Crippen LogP contribution in [0.4, 0.5) is 5.13 Å². The van der Waals surface area contributed by atoms with E-state index in [0.717, 1.165) is 21.5 Å². The van der Waals surface area contributed by atoms with Crippen LogP contribution in [0.1, 0.15) is 36.7 Å². The van der Waals surface area contributed by atoms with Crippen molar-refractivity contribution >= 4 is 38.3 Å². The van der Waals surface area contributed by atoms with Gasteiger partial charge >= 0.3 is 0 Å². The fraction of sp³-hybridized carbons (Fsp3) is 0.286. The van der Waals surface area contributed by atoms with Crippen LogP contribution in [0.3, 0.4) is 0 Å². The van der Waals surface area contributed by atoms with Crippen LogP contribution in [0.5, 0.6) is 0 Å². The number of benzene rings is 1. The van der Waals surface area contributed by atoms with E-state index in [1.165, 1.54) is 35.4 Å². The van der Waals surface area contributed by atoms with Crippen molar-refractivity contribution in [2.45, 2.75) is 26.2 Å². The molecule has 0 radical (unpaired) electrons. The van der Waals surface area contributed by atoms with E-state index in [4.69, 9.17) is 0 Å². The van der Waals surface area contributed by atoms with Gasteiger partial charge < -0.3 is 10.6 Å². The van der Waals surface area contributed by atoms with E-state index < -0.39 is 21.8 Å². The van der Waals surface area contributed by atoms with Crippen LogP contribution in [0.2, 0.25) is 0 Å². The molecule has 3 rings (SSSR count). The standard InChI is InChI=1S/C21H24N4O4S2/c1-21(2,3)16-7-5-6-14(10-16)17-13-30-20(23-17)24-18(26)11-22-19(27)15-8-9-25(12-15)31(4,28)29/h5-10,12-13H,11H2,1-4H3,(H,22,27)(H,23,24,26). The molecule has 0 unspecified atom stereocenters. The summed E-state index contributed by atoms with van der Waals surface area (Å²) in [5.41, 5.74) is 3.08. The highest BCUT2D eigenvalue weighted by Crippen LogP contribution is 2.29. The fourth-order valence-corrected chi connectivity index (χ4v) is 4.08. The molecule has 2 N–H and O–H groups in total. The molecule has 0 aliphatic rings. The molecular formula is C21H24N4O4S2. The summed E-state index contributed by atoms with van der Waals surface area (Å²) < 4.78 is 23.9. The van der Waals surface area contributed by atoms with Crippen LogP contribution in [-0.4, -0.2) is 42.0 Å². The Morgan fingerprint density at radius 3 is 2.58 bits per heavy atom. The third kappa shape index (κ3) is 5.80. The van der Waals surface area contributed by atoms with Crippen molar-refractivity contribution in [2.24, 2.45) is 0 Å². The number of nitrogens with one attached hydrogen (secondary N) is 2. The quantitative estimate of drug-likeness (QED) is 0.587. The number of anilines is 1. The largest absolute Gasteiger partial charge is 0.343 e. The maximum Gasteiger partial charge on any atom is 0.253 e. The van der Waals surface area contributed by atoms with Crippen molar-refractivity contribution in [3.63, 3.8) is 0 Å². The third-order valence-electron chi connectivity index (χ3n) is 4.50. The van der Waals surface area contributed by atoms with E-state index in [2.05, 4.69) is 48.5 Å². The molecule has 0 bridgehead atoms. The molecule has 8 nitrogen and oxygen atoms in total. The van der Waals surface area contributed by atoms with Gasteiger partial charge in [-0.05, 0) is 23.1 Å². The maximum absolute atomic E-state index is 12.2. The molecule has 0 atom stereocenters. The average molecular weight is 461 g/mol. The molecule has 2 heterocycles. The first-order valence-corrected chi connectivity index (χ1v) is 12.2. The average Bonchev–Trinajstić information content (AvgIpc) is 3.35. The maximum atomic E-state index is 12.2. The first-order chi connectivity index (χ1) is 14.4. The first kappa shape index (κ1) is 22.7. The van der Waals surface area contributed by atoms with E-state index in [-0.39, 0.29) is 17.5 Å². The van der Waals surface area contributed by atoms with Crippen LogP contribution in [0.25, 0.3) is 11.3 Å². The molecule has 31 heavy (non-hydrogen) atoms. The van der Waals surface area contributed by atoms with Gasteiger partial charge in [0.05, 0.1) is 24.1 Å². The number of thiazole rings is 1. The lowest BCUT2D eigenvalue weighted by Crippen LogP contribution is -2.32. The molecule has 10 heteroatoms. The van der Waals surface area contributed by atoms with Gasteiger partial charge in [-0.2, -0.15) is 0 Å². The van der Waals surface area contributed by atoms with Crippen molar-refractivity contribution in [3.8, 4) is 11.3 Å². The lowest BCUT2D eigenvalue weighted by Gasteiger charge is -2.19. The molecule has 0 aliphatic carbocycles. The van der Waals surface area contributed by atoms with Crippen molar-refractivity contribution in [1.29, 1.82) is 0 Å². The molecular weight excluding hydrogens is 436 g/mol. The summed E-state index contributed by atoms with van der Waals surface area (Å²) in [6, 6.07) is 9.49. The minimum Gasteiger partial charge on any atom is -0.343 e. The Labute approximate surface area is 185 Å². The van der Waals surface area contributed by atoms with Crippen molar-refractivity contribution < 1.29 is 18.0 Å². The van der Waals surface area contributed by atoms with Crippen LogP contribution in [0, 0.1) is 0 Å². The van der Waals surface area contributed by atoms with Gasteiger partial charge in [0, 0.05) is 23.3 Å². The summed E-state index contributed by atoms with van der Waals surface area (Å²) in [6.45, 7) is 6.16. The van der Waals surface area contributed by atoms with Crippen molar-refractivity contribution in [1.82, 2.24) is 14.3 Å². The molecule has 3 aromatic rings. The van der Waals surface area contributed by atoms with Gasteiger partial charge in [0.25, 0.3) is 5.91 Å². The van der Waals surface area contributed by atoms with Gasteiger partial charge in [0.15, 0.2) is 5.13 Å². The summed E-state index contributed by atoms with van der Waals surface area (Å²) >= 11 is 1.30. The molecule has 2 amide bonds. The Hall–Kier alpha value is -2.98. The number of hydrogen-bond acceptors (Lipinski definition) is 6. The van der Waals surface area contributed by atoms with E-state index in [9.17, 15) is 18.0 Å². The van der Waals surface area contributed by atoms with E-state index in [1.54, 1.807) is 0 Å². The van der Waals surface area contributed by atoms with E-state index >= 15 is 0 Å². The second kappa shape index (κ2) is 8.64. The topological polar surface area (TPSA) is 110 Å². The number of rotatable bonds is 6. The van der Waals surface area contributed by atoms with Gasteiger partial charge in [-0.1, -0.05) is 39.0 Å². The fourth-order valence-electron chi connectivity index (χ4n) is 2.75. The monoisotopic (exact) mass is 460 g/mol. The predicted molar refractivity (Wildman–Crippen MR) is 122 cm³/mol. The second-order valence-electron chi connectivity index (χ2n) is 8.09. The highest BCUT2D eigenvalue weighted by Gasteiger charge is 2.16. The van der Waals surface area contributed by atoms with Gasteiger partial charge in [-0.15, -0.1) is 11.3 Å². The zero-order valence-corrected chi connectivity index (χ0v) is 19.3. The molecule has 0 spiro atoms. The van der Waals surface area contributed by atoms with Crippen molar-refractivity contribution in [2.75, 3.05) is 18.1 Å². The van der Waals surface area contributed by atoms with Crippen molar-refractivity contribution in [3.05, 3.63) is 59.2 Å². The zero-order valence-electron chi connectivity index (χ0n) is 17.7.